The van der Waals surface area contributed by atoms with Gasteiger partial charge in [0, 0.05) is 19.5 Å². The van der Waals surface area contributed by atoms with E-state index in [1.807, 2.05) is 0 Å². The molecule has 0 radical (unpaired) electrons. The second-order valence-electron chi connectivity index (χ2n) is 4.42. The SMILES string of the molecule is C#CCC(N)C(=O)N1CCC(C(C)O)CC1. The molecular weight excluding hydrogens is 204 g/mol. The predicted molar refractivity (Wildman–Crippen MR) is 62.4 cm³/mol. The second kappa shape index (κ2) is 5.88. The number of nitrogens with zero attached hydrogens (tertiary/aromatic N) is 1. The highest BCUT2D eigenvalue weighted by atomic mass is 16.3. The molecule has 1 heterocycles. The van der Waals surface area contributed by atoms with E-state index in [2.05, 4.69) is 5.92 Å². The maximum atomic E-state index is 11.8. The van der Waals surface area contributed by atoms with Crippen molar-refractivity contribution in [3.05, 3.63) is 0 Å². The molecule has 2 unspecified atom stereocenters. The van der Waals surface area contributed by atoms with E-state index in [1.54, 1.807) is 11.8 Å². The Balaban J connectivity index is 2.42. The summed E-state index contributed by atoms with van der Waals surface area (Å²) in [7, 11) is 0. The molecule has 0 aromatic carbocycles. The van der Waals surface area contributed by atoms with E-state index >= 15 is 0 Å². The Hall–Kier alpha value is -1.05. The van der Waals surface area contributed by atoms with Crippen LogP contribution >= 0.6 is 0 Å². The summed E-state index contributed by atoms with van der Waals surface area (Å²) in [5.41, 5.74) is 5.67. The Morgan fingerprint density at radius 1 is 1.62 bits per heavy atom. The van der Waals surface area contributed by atoms with Gasteiger partial charge in [-0.2, -0.15) is 0 Å². The molecule has 1 amide bonds. The molecule has 1 rings (SSSR count). The number of nitrogens with two attached hydrogens (primary N) is 1. The number of likely N-dealkylation sites (tertiary alicyclic amines) is 1. The van der Waals surface area contributed by atoms with Crippen molar-refractivity contribution in [2.75, 3.05) is 13.1 Å². The molecule has 1 aliphatic rings. The number of rotatable bonds is 3. The summed E-state index contributed by atoms with van der Waals surface area (Å²) in [5, 5.41) is 9.44. The topological polar surface area (TPSA) is 66.6 Å². The number of piperidine rings is 1. The Labute approximate surface area is 96.8 Å². The fraction of sp³-hybridized carbons (Fsp3) is 0.750. The van der Waals surface area contributed by atoms with E-state index in [-0.39, 0.29) is 18.4 Å². The monoisotopic (exact) mass is 224 g/mol. The van der Waals surface area contributed by atoms with Crippen molar-refractivity contribution in [1.29, 1.82) is 0 Å². The minimum absolute atomic E-state index is 0.0676. The van der Waals surface area contributed by atoms with Crippen molar-refractivity contribution in [1.82, 2.24) is 4.90 Å². The third-order valence-electron chi connectivity index (χ3n) is 3.19. The normalized spacial score (nSPS) is 21.2. The number of hydrogen-bond acceptors (Lipinski definition) is 3. The van der Waals surface area contributed by atoms with Crippen molar-refractivity contribution in [2.45, 2.75) is 38.3 Å². The van der Waals surface area contributed by atoms with Crippen molar-refractivity contribution in [2.24, 2.45) is 11.7 Å². The van der Waals surface area contributed by atoms with Crippen LogP contribution in [0.3, 0.4) is 0 Å². The first-order chi connectivity index (χ1) is 7.56. The van der Waals surface area contributed by atoms with E-state index in [9.17, 15) is 9.90 Å². The van der Waals surface area contributed by atoms with E-state index in [4.69, 9.17) is 12.2 Å². The first kappa shape index (κ1) is 13.0. The van der Waals surface area contributed by atoms with Gasteiger partial charge in [-0.25, -0.2) is 0 Å². The second-order valence-corrected chi connectivity index (χ2v) is 4.42. The molecule has 0 spiro atoms. The molecule has 2 atom stereocenters. The van der Waals surface area contributed by atoms with Crippen LogP contribution < -0.4 is 5.73 Å². The summed E-state index contributed by atoms with van der Waals surface area (Å²) in [4.78, 5) is 13.6. The first-order valence-electron chi connectivity index (χ1n) is 5.72. The largest absolute Gasteiger partial charge is 0.393 e. The average molecular weight is 224 g/mol. The standard InChI is InChI=1S/C12H20N2O2/c1-3-4-11(13)12(16)14-7-5-10(6-8-14)9(2)15/h1,9-11,15H,4-8,13H2,2H3. The molecule has 1 aliphatic heterocycles. The lowest BCUT2D eigenvalue weighted by molar-refractivity contribution is -0.134. The quantitative estimate of drug-likeness (QED) is 0.661. The molecule has 4 heteroatoms. The van der Waals surface area contributed by atoms with Crippen molar-refractivity contribution >= 4 is 5.91 Å². The van der Waals surface area contributed by atoms with Gasteiger partial charge in [0.15, 0.2) is 0 Å². The number of aliphatic hydroxyl groups is 1. The predicted octanol–water partition coefficient (Wildman–Crippen LogP) is -0.0436. The fourth-order valence-electron chi connectivity index (χ4n) is 2.05. The van der Waals surface area contributed by atoms with Crippen LogP contribution in [0, 0.1) is 18.3 Å². The third-order valence-corrected chi connectivity index (χ3v) is 3.19. The van der Waals surface area contributed by atoms with Crippen LogP contribution in [0.15, 0.2) is 0 Å². The van der Waals surface area contributed by atoms with Gasteiger partial charge >= 0.3 is 0 Å². The number of hydrogen-bond donors (Lipinski definition) is 2. The molecule has 4 nitrogen and oxygen atoms in total. The summed E-state index contributed by atoms with van der Waals surface area (Å²) < 4.78 is 0. The zero-order chi connectivity index (χ0) is 12.1. The molecule has 0 saturated carbocycles. The van der Waals surface area contributed by atoms with Crippen LogP contribution in [-0.2, 0) is 4.79 Å². The lowest BCUT2D eigenvalue weighted by Gasteiger charge is -2.34. The van der Waals surface area contributed by atoms with Crippen LogP contribution in [-0.4, -0.2) is 41.1 Å². The fourth-order valence-corrected chi connectivity index (χ4v) is 2.05. The van der Waals surface area contributed by atoms with E-state index < -0.39 is 6.04 Å². The Morgan fingerprint density at radius 2 is 2.19 bits per heavy atom. The van der Waals surface area contributed by atoms with Crippen LogP contribution in [0.4, 0.5) is 0 Å². The zero-order valence-electron chi connectivity index (χ0n) is 9.72. The Bertz CT molecular complexity index is 275. The summed E-state index contributed by atoms with van der Waals surface area (Å²) in [5.74, 6) is 2.63. The third kappa shape index (κ3) is 3.22. The van der Waals surface area contributed by atoms with Crippen LogP contribution in [0.1, 0.15) is 26.2 Å². The van der Waals surface area contributed by atoms with E-state index in [0.29, 0.717) is 19.0 Å². The lowest BCUT2D eigenvalue weighted by Crippen LogP contribution is -2.48. The highest BCUT2D eigenvalue weighted by Crippen LogP contribution is 2.20. The first-order valence-corrected chi connectivity index (χ1v) is 5.72. The molecule has 0 aromatic rings. The molecule has 0 aliphatic carbocycles. The molecule has 16 heavy (non-hydrogen) atoms. The molecule has 0 aromatic heterocycles. The maximum Gasteiger partial charge on any atom is 0.240 e. The number of carbonyl (C=O) groups is 1. The highest BCUT2D eigenvalue weighted by molar-refractivity contribution is 5.82. The zero-order valence-corrected chi connectivity index (χ0v) is 9.72. The Kier molecular flexibility index (Phi) is 4.78. The van der Waals surface area contributed by atoms with Gasteiger partial charge in [-0.1, -0.05) is 0 Å². The van der Waals surface area contributed by atoms with Gasteiger partial charge in [-0.05, 0) is 25.7 Å². The molecule has 0 bridgehead atoms. The van der Waals surface area contributed by atoms with Crippen LogP contribution in [0.25, 0.3) is 0 Å². The average Bonchev–Trinajstić information content (AvgIpc) is 2.28. The van der Waals surface area contributed by atoms with Crippen LogP contribution in [0.2, 0.25) is 0 Å². The minimum Gasteiger partial charge on any atom is -0.393 e. The molecular formula is C12H20N2O2. The molecule has 1 saturated heterocycles. The van der Waals surface area contributed by atoms with E-state index in [0.717, 1.165) is 12.8 Å². The summed E-state index contributed by atoms with van der Waals surface area (Å²) in [6.07, 6.45) is 6.80. The van der Waals surface area contributed by atoms with Gasteiger partial charge in [-0.3, -0.25) is 4.79 Å². The van der Waals surface area contributed by atoms with Crippen molar-refractivity contribution < 1.29 is 9.90 Å². The smallest absolute Gasteiger partial charge is 0.240 e. The van der Waals surface area contributed by atoms with Gasteiger partial charge < -0.3 is 15.7 Å². The molecule has 1 fully saturated rings. The molecule has 90 valence electrons. The lowest BCUT2D eigenvalue weighted by atomic mass is 9.92. The van der Waals surface area contributed by atoms with Gasteiger partial charge in [0.1, 0.15) is 0 Å². The van der Waals surface area contributed by atoms with Gasteiger partial charge in [0.25, 0.3) is 0 Å². The number of terminal acetylenes is 1. The van der Waals surface area contributed by atoms with E-state index in [1.165, 1.54) is 0 Å². The number of amides is 1. The summed E-state index contributed by atoms with van der Waals surface area (Å²) in [6.45, 7) is 3.14. The maximum absolute atomic E-state index is 11.8. The van der Waals surface area contributed by atoms with Crippen molar-refractivity contribution in [3.8, 4) is 12.3 Å². The summed E-state index contributed by atoms with van der Waals surface area (Å²) >= 11 is 0. The minimum atomic E-state index is -0.576. The van der Waals surface area contributed by atoms with Gasteiger partial charge in [0.2, 0.25) is 5.91 Å². The Morgan fingerprint density at radius 3 is 2.62 bits per heavy atom. The van der Waals surface area contributed by atoms with Gasteiger partial charge in [-0.15, -0.1) is 12.3 Å². The van der Waals surface area contributed by atoms with Gasteiger partial charge in [0.05, 0.1) is 12.1 Å². The highest BCUT2D eigenvalue weighted by Gasteiger charge is 2.27. The molecule has 3 N–H and O–H groups in total. The summed E-state index contributed by atoms with van der Waals surface area (Å²) in [6, 6.07) is -0.576. The number of carbonyl (C=O) groups excluding carboxylic acids is 1. The number of aliphatic hydroxyl groups excluding tert-OH is 1. The van der Waals surface area contributed by atoms with Crippen molar-refractivity contribution in [3.63, 3.8) is 0 Å². The van der Waals surface area contributed by atoms with Crippen LogP contribution in [0.5, 0.6) is 0 Å².